The molecule has 136 valence electrons. The van der Waals surface area contributed by atoms with Crippen LogP contribution in [0, 0.1) is 11.8 Å². The maximum Gasteiger partial charge on any atom is 0.157 e. The van der Waals surface area contributed by atoms with Crippen molar-refractivity contribution in [3.63, 3.8) is 0 Å². The molecule has 5 nitrogen and oxygen atoms in total. The number of phenolic OH excluding ortho intramolecular Hbond substituents is 1. The number of nitrogens with zero attached hydrogens (tertiary/aromatic N) is 1. The number of ether oxygens (including phenoxy) is 1. The molecule has 1 aliphatic heterocycles. The molecule has 0 saturated heterocycles. The molecule has 2 unspecified atom stereocenters. The Morgan fingerprint density at radius 1 is 1.36 bits per heavy atom. The zero-order valence-electron chi connectivity index (χ0n) is 15.1. The fourth-order valence-corrected chi connectivity index (χ4v) is 3.99. The Morgan fingerprint density at radius 2 is 2.16 bits per heavy atom. The van der Waals surface area contributed by atoms with Gasteiger partial charge >= 0.3 is 0 Å². The first-order valence-corrected chi connectivity index (χ1v) is 9.22. The number of carbonyl (C=O) groups is 1. The molecule has 0 amide bonds. The number of aromatic hydroxyl groups is 1. The lowest BCUT2D eigenvalue weighted by atomic mass is 9.77. The van der Waals surface area contributed by atoms with Crippen molar-refractivity contribution in [3.05, 3.63) is 35.7 Å². The summed E-state index contributed by atoms with van der Waals surface area (Å²) in [4.78, 5) is 13.7. The van der Waals surface area contributed by atoms with E-state index in [4.69, 9.17) is 4.74 Å². The third-order valence-corrected chi connectivity index (χ3v) is 5.37. The average Bonchev–Trinajstić information content (AvgIpc) is 3.10. The van der Waals surface area contributed by atoms with Crippen molar-refractivity contribution in [2.45, 2.75) is 45.6 Å². The van der Waals surface area contributed by atoms with Gasteiger partial charge in [0.15, 0.2) is 6.29 Å². The summed E-state index contributed by atoms with van der Waals surface area (Å²) >= 11 is 0. The van der Waals surface area contributed by atoms with Crippen molar-refractivity contribution in [1.29, 1.82) is 0 Å². The number of hydrogen-bond donors (Lipinski definition) is 2. The fraction of sp³-hybridized carbons (Fsp3) is 0.550. The van der Waals surface area contributed by atoms with Crippen LogP contribution < -0.4 is 10.1 Å². The van der Waals surface area contributed by atoms with Crippen molar-refractivity contribution in [2.24, 2.45) is 11.8 Å². The number of nitrogens with one attached hydrogen (secondary N) is 1. The molecule has 0 spiro atoms. The molecule has 1 aliphatic carbocycles. The number of aldehydes is 1. The monoisotopic (exact) mass is 344 g/mol. The SMILES string of the molecule is CC(C)N1CNC=C1C1CCCCC1COc1cccc(O)c1C=O. The van der Waals surface area contributed by atoms with E-state index in [1.54, 1.807) is 12.1 Å². The summed E-state index contributed by atoms with van der Waals surface area (Å²) in [6.45, 7) is 5.88. The first kappa shape index (κ1) is 17.6. The molecule has 0 aromatic heterocycles. The highest BCUT2D eigenvalue weighted by atomic mass is 16.5. The highest BCUT2D eigenvalue weighted by molar-refractivity contribution is 5.83. The highest BCUT2D eigenvalue weighted by Crippen LogP contribution is 2.38. The maximum atomic E-state index is 11.2. The summed E-state index contributed by atoms with van der Waals surface area (Å²) in [5.41, 5.74) is 1.62. The van der Waals surface area contributed by atoms with E-state index in [2.05, 4.69) is 30.3 Å². The van der Waals surface area contributed by atoms with Gasteiger partial charge < -0.3 is 20.1 Å². The molecule has 2 aliphatic rings. The summed E-state index contributed by atoms with van der Waals surface area (Å²) in [7, 11) is 0. The topological polar surface area (TPSA) is 61.8 Å². The van der Waals surface area contributed by atoms with E-state index in [-0.39, 0.29) is 11.3 Å². The molecule has 1 aromatic rings. The average molecular weight is 344 g/mol. The van der Waals surface area contributed by atoms with Crippen LogP contribution in [0.2, 0.25) is 0 Å². The maximum absolute atomic E-state index is 11.2. The Morgan fingerprint density at radius 3 is 2.92 bits per heavy atom. The standard InChI is InChI=1S/C20H28N2O3/c1-14(2)22-13-21-10-18(22)16-7-4-3-6-15(16)12-25-20-9-5-8-19(24)17(20)11-23/h5,8-11,14-16,21,24H,3-4,6-7,12-13H2,1-2H3. The van der Waals surface area contributed by atoms with Crippen LogP contribution in [-0.4, -0.2) is 35.6 Å². The summed E-state index contributed by atoms with van der Waals surface area (Å²) in [6.07, 6.45) is 7.58. The number of rotatable bonds is 6. The molecule has 25 heavy (non-hydrogen) atoms. The number of phenols is 1. The molecule has 0 bridgehead atoms. The van der Waals surface area contributed by atoms with Gasteiger partial charge in [-0.1, -0.05) is 18.9 Å². The molecule has 1 fully saturated rings. The Kier molecular flexibility index (Phi) is 5.51. The largest absolute Gasteiger partial charge is 0.507 e. The highest BCUT2D eigenvalue weighted by Gasteiger charge is 2.33. The van der Waals surface area contributed by atoms with E-state index in [0.717, 1.165) is 13.1 Å². The summed E-state index contributed by atoms with van der Waals surface area (Å²) in [5.74, 6) is 1.34. The van der Waals surface area contributed by atoms with Gasteiger partial charge in [-0.25, -0.2) is 0 Å². The second kappa shape index (κ2) is 7.81. The minimum Gasteiger partial charge on any atom is -0.507 e. The number of benzene rings is 1. The number of allylic oxidation sites excluding steroid dienone is 1. The Bertz CT molecular complexity index is 642. The summed E-state index contributed by atoms with van der Waals surface area (Å²) in [6, 6.07) is 5.44. The van der Waals surface area contributed by atoms with Gasteiger partial charge in [-0.05, 0) is 38.8 Å². The summed E-state index contributed by atoms with van der Waals surface area (Å²) in [5, 5.41) is 13.2. The van der Waals surface area contributed by atoms with Crippen LogP contribution >= 0.6 is 0 Å². The molecule has 0 radical (unpaired) electrons. The van der Waals surface area contributed by atoms with Crippen molar-refractivity contribution in [1.82, 2.24) is 10.2 Å². The Balaban J connectivity index is 1.72. The Labute approximate surface area is 149 Å². The van der Waals surface area contributed by atoms with Crippen molar-refractivity contribution in [3.8, 4) is 11.5 Å². The zero-order chi connectivity index (χ0) is 17.8. The third kappa shape index (κ3) is 3.75. The predicted octanol–water partition coefficient (Wildman–Crippen LogP) is 3.50. The van der Waals surface area contributed by atoms with Crippen molar-refractivity contribution in [2.75, 3.05) is 13.3 Å². The normalized spacial score (nSPS) is 23.3. The van der Waals surface area contributed by atoms with Crippen molar-refractivity contribution < 1.29 is 14.6 Å². The first-order chi connectivity index (χ1) is 12.1. The molecule has 1 aromatic carbocycles. The molecule has 5 heteroatoms. The zero-order valence-corrected chi connectivity index (χ0v) is 15.1. The van der Waals surface area contributed by atoms with Crippen LogP contribution in [0.4, 0.5) is 0 Å². The molecule has 2 atom stereocenters. The van der Waals surface area contributed by atoms with Gasteiger partial charge in [0.1, 0.15) is 11.5 Å². The molecule has 2 N–H and O–H groups in total. The summed E-state index contributed by atoms with van der Waals surface area (Å²) < 4.78 is 5.98. The van der Waals surface area contributed by atoms with E-state index >= 15 is 0 Å². The van der Waals surface area contributed by atoms with Crippen LogP contribution in [0.1, 0.15) is 49.9 Å². The van der Waals surface area contributed by atoms with Gasteiger partial charge in [-0.15, -0.1) is 0 Å². The van der Waals surface area contributed by atoms with Crippen LogP contribution in [0.3, 0.4) is 0 Å². The van der Waals surface area contributed by atoms with E-state index < -0.39 is 0 Å². The van der Waals surface area contributed by atoms with Gasteiger partial charge in [0.05, 0.1) is 18.8 Å². The number of hydrogen-bond acceptors (Lipinski definition) is 5. The molecular formula is C20H28N2O3. The fourth-order valence-electron chi connectivity index (χ4n) is 3.99. The Hall–Kier alpha value is -2.17. The molecule has 1 heterocycles. The predicted molar refractivity (Wildman–Crippen MR) is 97.5 cm³/mol. The van der Waals surface area contributed by atoms with Gasteiger partial charge in [-0.2, -0.15) is 0 Å². The van der Waals surface area contributed by atoms with Gasteiger partial charge in [0.25, 0.3) is 0 Å². The van der Waals surface area contributed by atoms with Gasteiger partial charge in [-0.3, -0.25) is 4.79 Å². The van der Waals surface area contributed by atoms with Gasteiger partial charge in [0, 0.05) is 29.8 Å². The lowest BCUT2D eigenvalue weighted by Crippen LogP contribution is -2.37. The van der Waals surface area contributed by atoms with Crippen LogP contribution in [-0.2, 0) is 0 Å². The van der Waals surface area contributed by atoms with Crippen LogP contribution in [0.5, 0.6) is 11.5 Å². The second-order valence-corrected chi connectivity index (χ2v) is 7.26. The van der Waals surface area contributed by atoms with Crippen molar-refractivity contribution >= 4 is 6.29 Å². The van der Waals surface area contributed by atoms with E-state index in [9.17, 15) is 9.90 Å². The third-order valence-electron chi connectivity index (χ3n) is 5.37. The quantitative estimate of drug-likeness (QED) is 0.774. The van der Waals surface area contributed by atoms with Crippen LogP contribution in [0.15, 0.2) is 30.1 Å². The van der Waals surface area contributed by atoms with E-state index in [1.165, 1.54) is 31.0 Å². The molecule has 1 saturated carbocycles. The minimum absolute atomic E-state index is 0.0265. The number of carbonyl (C=O) groups excluding carboxylic acids is 1. The molecular weight excluding hydrogens is 316 g/mol. The minimum atomic E-state index is -0.0265. The second-order valence-electron chi connectivity index (χ2n) is 7.26. The van der Waals surface area contributed by atoms with E-state index in [0.29, 0.717) is 36.5 Å². The first-order valence-electron chi connectivity index (χ1n) is 9.22. The lowest BCUT2D eigenvalue weighted by Gasteiger charge is -2.37. The molecule has 3 rings (SSSR count). The lowest BCUT2D eigenvalue weighted by molar-refractivity contribution is 0.110. The van der Waals surface area contributed by atoms with Gasteiger partial charge in [0.2, 0.25) is 0 Å². The van der Waals surface area contributed by atoms with Crippen LogP contribution in [0.25, 0.3) is 0 Å². The van der Waals surface area contributed by atoms with E-state index in [1.807, 2.05) is 0 Å². The smallest absolute Gasteiger partial charge is 0.157 e.